The molecule has 0 aliphatic heterocycles. The van der Waals surface area contributed by atoms with Crippen molar-refractivity contribution in [1.82, 2.24) is 0 Å². The van der Waals surface area contributed by atoms with Gasteiger partial charge in [-0.15, -0.1) is 0 Å². The highest BCUT2D eigenvalue weighted by Crippen LogP contribution is 2.37. The van der Waals surface area contributed by atoms with Crippen LogP contribution in [0.2, 0.25) is 5.02 Å². The molecule has 0 amide bonds. The number of benzene rings is 2. The number of ketones is 1. The first-order valence-electron chi connectivity index (χ1n) is 6.45. The van der Waals surface area contributed by atoms with Crippen LogP contribution in [0.15, 0.2) is 42.5 Å². The SMILES string of the molecule is COc1cc(C=CC(=O)c2ccc(Cl)cc2)cc([N+](=O)[O-])c1O. The van der Waals surface area contributed by atoms with Gasteiger partial charge in [-0.1, -0.05) is 17.7 Å². The molecule has 0 saturated heterocycles. The molecule has 6 nitrogen and oxygen atoms in total. The minimum absolute atomic E-state index is 0.0437. The number of carbonyl (C=O) groups is 1. The number of rotatable bonds is 5. The van der Waals surface area contributed by atoms with Gasteiger partial charge in [-0.2, -0.15) is 0 Å². The molecule has 0 radical (unpaired) electrons. The average molecular weight is 334 g/mol. The smallest absolute Gasteiger partial charge is 0.315 e. The molecule has 0 bridgehead atoms. The first-order valence-corrected chi connectivity index (χ1v) is 6.83. The molecular formula is C16H12ClNO5. The van der Waals surface area contributed by atoms with Crippen LogP contribution in [0.5, 0.6) is 11.5 Å². The quantitative estimate of drug-likeness (QED) is 0.388. The number of ether oxygens (including phenoxy) is 1. The standard InChI is InChI=1S/C16H12ClNO5/c1-23-15-9-10(8-13(16(15)20)18(21)22)2-7-14(19)11-3-5-12(17)6-4-11/h2-9,20H,1H3. The zero-order chi connectivity index (χ0) is 17.0. The number of halogens is 1. The fraction of sp³-hybridized carbons (Fsp3) is 0.0625. The van der Waals surface area contributed by atoms with Crippen LogP contribution in [0.25, 0.3) is 6.08 Å². The van der Waals surface area contributed by atoms with Crippen molar-refractivity contribution in [3.8, 4) is 11.5 Å². The van der Waals surface area contributed by atoms with Gasteiger partial charge in [-0.25, -0.2) is 0 Å². The third-order valence-electron chi connectivity index (χ3n) is 3.05. The van der Waals surface area contributed by atoms with E-state index in [1.807, 2.05) is 0 Å². The third-order valence-corrected chi connectivity index (χ3v) is 3.30. The van der Waals surface area contributed by atoms with E-state index in [4.69, 9.17) is 16.3 Å². The Balaban J connectivity index is 2.32. The Hall–Kier alpha value is -2.86. The van der Waals surface area contributed by atoms with Crippen molar-refractivity contribution in [1.29, 1.82) is 0 Å². The summed E-state index contributed by atoms with van der Waals surface area (Å²) in [4.78, 5) is 22.2. The summed E-state index contributed by atoms with van der Waals surface area (Å²) in [6.07, 6.45) is 2.69. The Bertz CT molecular complexity index is 784. The van der Waals surface area contributed by atoms with Gasteiger partial charge in [0.25, 0.3) is 0 Å². The van der Waals surface area contributed by atoms with E-state index in [2.05, 4.69) is 0 Å². The second-order valence-electron chi connectivity index (χ2n) is 4.55. The Kier molecular flexibility index (Phi) is 4.98. The molecule has 7 heteroatoms. The summed E-state index contributed by atoms with van der Waals surface area (Å²) >= 11 is 5.75. The Morgan fingerprint density at radius 3 is 2.52 bits per heavy atom. The molecule has 2 aromatic carbocycles. The number of nitrogens with zero attached hydrogens (tertiary/aromatic N) is 1. The first kappa shape index (κ1) is 16.5. The lowest BCUT2D eigenvalue weighted by Gasteiger charge is -2.05. The number of phenols is 1. The predicted octanol–water partition coefficient (Wildman–Crippen LogP) is 3.86. The van der Waals surface area contributed by atoms with Gasteiger partial charge < -0.3 is 9.84 Å². The maximum atomic E-state index is 12.0. The molecule has 118 valence electrons. The van der Waals surface area contributed by atoms with Crippen LogP contribution in [-0.4, -0.2) is 22.9 Å². The molecule has 0 fully saturated rings. The highest BCUT2D eigenvalue weighted by atomic mass is 35.5. The lowest BCUT2D eigenvalue weighted by Crippen LogP contribution is -1.95. The van der Waals surface area contributed by atoms with E-state index < -0.39 is 16.4 Å². The van der Waals surface area contributed by atoms with Crippen molar-refractivity contribution in [2.75, 3.05) is 7.11 Å². The van der Waals surface area contributed by atoms with E-state index in [1.165, 1.54) is 25.3 Å². The molecular weight excluding hydrogens is 322 g/mol. The second kappa shape index (κ2) is 6.93. The summed E-state index contributed by atoms with van der Waals surface area (Å²) in [5.74, 6) is -0.882. The van der Waals surface area contributed by atoms with Gasteiger partial charge in [0.05, 0.1) is 12.0 Å². The Labute approximate surface area is 136 Å². The molecule has 0 aromatic heterocycles. The van der Waals surface area contributed by atoms with Crippen LogP contribution in [0.3, 0.4) is 0 Å². The van der Waals surface area contributed by atoms with Crippen molar-refractivity contribution >= 4 is 29.1 Å². The van der Waals surface area contributed by atoms with Crippen LogP contribution in [0, 0.1) is 10.1 Å². The number of nitro groups is 1. The summed E-state index contributed by atoms with van der Waals surface area (Å²) in [5.41, 5.74) is 0.294. The molecule has 0 saturated carbocycles. The summed E-state index contributed by atoms with van der Waals surface area (Å²) in [7, 11) is 1.28. The van der Waals surface area contributed by atoms with Crippen molar-refractivity contribution in [2.45, 2.75) is 0 Å². The molecule has 1 N–H and O–H groups in total. The van der Waals surface area contributed by atoms with Crippen molar-refractivity contribution in [3.63, 3.8) is 0 Å². The topological polar surface area (TPSA) is 89.7 Å². The lowest BCUT2D eigenvalue weighted by atomic mass is 10.1. The highest BCUT2D eigenvalue weighted by Gasteiger charge is 2.19. The first-order chi connectivity index (χ1) is 10.9. The van der Waals surface area contributed by atoms with E-state index in [0.29, 0.717) is 16.1 Å². The zero-order valence-electron chi connectivity index (χ0n) is 12.0. The van der Waals surface area contributed by atoms with E-state index in [-0.39, 0.29) is 11.5 Å². The maximum Gasteiger partial charge on any atom is 0.315 e. The minimum Gasteiger partial charge on any atom is -0.500 e. The number of phenolic OH excluding ortho intramolecular Hbond substituents is 1. The van der Waals surface area contributed by atoms with Crippen LogP contribution >= 0.6 is 11.6 Å². The van der Waals surface area contributed by atoms with Gasteiger partial charge in [0, 0.05) is 16.7 Å². The van der Waals surface area contributed by atoms with Gasteiger partial charge in [0.2, 0.25) is 5.75 Å². The van der Waals surface area contributed by atoms with Crippen LogP contribution in [-0.2, 0) is 0 Å². The minimum atomic E-state index is -0.726. The van der Waals surface area contributed by atoms with Gasteiger partial charge in [-0.3, -0.25) is 14.9 Å². The lowest BCUT2D eigenvalue weighted by molar-refractivity contribution is -0.386. The summed E-state index contributed by atoms with van der Waals surface area (Å²) < 4.78 is 4.89. The molecule has 0 unspecified atom stereocenters. The van der Waals surface area contributed by atoms with Crippen LogP contribution < -0.4 is 4.74 Å². The molecule has 0 heterocycles. The Morgan fingerprint density at radius 2 is 1.96 bits per heavy atom. The van der Waals surface area contributed by atoms with E-state index >= 15 is 0 Å². The number of hydrogen-bond acceptors (Lipinski definition) is 5. The normalized spacial score (nSPS) is 10.7. The Morgan fingerprint density at radius 1 is 1.30 bits per heavy atom. The molecule has 0 spiro atoms. The number of methoxy groups -OCH3 is 1. The molecule has 0 aliphatic carbocycles. The number of aromatic hydroxyl groups is 1. The van der Waals surface area contributed by atoms with E-state index in [1.54, 1.807) is 24.3 Å². The average Bonchev–Trinajstić information content (AvgIpc) is 2.53. The number of hydrogen-bond donors (Lipinski definition) is 1. The van der Waals surface area contributed by atoms with Gasteiger partial charge in [0.1, 0.15) is 0 Å². The van der Waals surface area contributed by atoms with Gasteiger partial charge >= 0.3 is 5.69 Å². The fourth-order valence-electron chi connectivity index (χ4n) is 1.89. The molecule has 0 aliphatic rings. The molecule has 2 rings (SSSR count). The number of carbonyl (C=O) groups excluding carboxylic acids is 1. The van der Waals surface area contributed by atoms with Gasteiger partial charge in [0.15, 0.2) is 11.5 Å². The largest absolute Gasteiger partial charge is 0.500 e. The van der Waals surface area contributed by atoms with Gasteiger partial charge in [-0.05, 0) is 42.0 Å². The fourth-order valence-corrected chi connectivity index (χ4v) is 2.01. The summed E-state index contributed by atoms with van der Waals surface area (Å²) in [6.45, 7) is 0. The zero-order valence-corrected chi connectivity index (χ0v) is 12.8. The summed E-state index contributed by atoms with van der Waals surface area (Å²) in [5, 5.41) is 21.1. The monoisotopic (exact) mass is 333 g/mol. The van der Waals surface area contributed by atoms with E-state index in [9.17, 15) is 20.0 Å². The van der Waals surface area contributed by atoms with E-state index in [0.717, 1.165) is 6.07 Å². The maximum absolute atomic E-state index is 12.0. The predicted molar refractivity (Wildman–Crippen MR) is 86.1 cm³/mol. The molecule has 23 heavy (non-hydrogen) atoms. The number of nitro benzene ring substituents is 1. The van der Waals surface area contributed by atoms with Crippen molar-refractivity contribution < 1.29 is 19.6 Å². The highest BCUT2D eigenvalue weighted by molar-refractivity contribution is 6.30. The van der Waals surface area contributed by atoms with Crippen molar-refractivity contribution in [2.24, 2.45) is 0 Å². The summed E-state index contributed by atoms with van der Waals surface area (Å²) in [6, 6.07) is 8.90. The van der Waals surface area contributed by atoms with Crippen molar-refractivity contribution in [3.05, 3.63) is 68.7 Å². The molecule has 2 aromatic rings. The third kappa shape index (κ3) is 3.87. The second-order valence-corrected chi connectivity index (χ2v) is 4.99. The molecule has 0 atom stereocenters. The number of allylic oxidation sites excluding steroid dienone is 1. The van der Waals surface area contributed by atoms with Crippen LogP contribution in [0.4, 0.5) is 5.69 Å². The van der Waals surface area contributed by atoms with Crippen LogP contribution in [0.1, 0.15) is 15.9 Å².